The maximum absolute atomic E-state index is 12.7. The van der Waals surface area contributed by atoms with Gasteiger partial charge in [0.1, 0.15) is 11.4 Å². The van der Waals surface area contributed by atoms with E-state index in [9.17, 15) is 9.59 Å². The lowest BCUT2D eigenvalue weighted by atomic mass is 10.2. The van der Waals surface area contributed by atoms with Crippen LogP contribution in [0.15, 0.2) is 35.4 Å². The zero-order valence-corrected chi connectivity index (χ0v) is 16.8. The standard InChI is InChI=1S/C20H27N7O2/c1-2-24-7-9-26(10-8-24)19(29)16-15-22-20(23-18(16)28)27-13-11-25(12-14-27)17-5-3-4-6-21-17/h3-6,15H,2,7-14H2,1H3,(H,22,23,28). The Morgan fingerprint density at radius 1 is 1.00 bits per heavy atom. The molecule has 2 aliphatic rings. The lowest BCUT2D eigenvalue weighted by Crippen LogP contribution is -2.50. The number of aromatic nitrogens is 3. The van der Waals surface area contributed by atoms with Gasteiger partial charge in [0.05, 0.1) is 0 Å². The third kappa shape index (κ3) is 4.24. The van der Waals surface area contributed by atoms with E-state index in [0.29, 0.717) is 19.0 Å². The second-order valence-corrected chi connectivity index (χ2v) is 7.34. The molecule has 2 saturated heterocycles. The Morgan fingerprint density at radius 3 is 2.34 bits per heavy atom. The van der Waals surface area contributed by atoms with Crippen LogP contribution in [0.1, 0.15) is 17.3 Å². The fourth-order valence-electron chi connectivity index (χ4n) is 3.82. The van der Waals surface area contributed by atoms with Gasteiger partial charge in [-0.2, -0.15) is 0 Å². The van der Waals surface area contributed by atoms with Crippen molar-refractivity contribution in [1.82, 2.24) is 24.8 Å². The molecule has 2 aromatic rings. The second-order valence-electron chi connectivity index (χ2n) is 7.34. The molecular weight excluding hydrogens is 370 g/mol. The van der Waals surface area contributed by atoms with Crippen molar-refractivity contribution in [2.45, 2.75) is 6.92 Å². The number of nitrogens with zero attached hydrogens (tertiary/aromatic N) is 6. The molecule has 0 unspecified atom stereocenters. The third-order valence-electron chi connectivity index (χ3n) is 5.68. The molecule has 0 aromatic carbocycles. The van der Waals surface area contributed by atoms with E-state index in [1.165, 1.54) is 6.20 Å². The van der Waals surface area contributed by atoms with Crippen molar-refractivity contribution < 1.29 is 4.79 Å². The molecule has 29 heavy (non-hydrogen) atoms. The first kappa shape index (κ1) is 19.4. The minimum absolute atomic E-state index is 0.116. The van der Waals surface area contributed by atoms with E-state index in [0.717, 1.165) is 51.6 Å². The number of amides is 1. The van der Waals surface area contributed by atoms with Gasteiger partial charge in [-0.05, 0) is 18.7 Å². The quantitative estimate of drug-likeness (QED) is 0.792. The summed E-state index contributed by atoms with van der Waals surface area (Å²) in [6.07, 6.45) is 3.21. The van der Waals surface area contributed by atoms with Crippen molar-refractivity contribution in [2.75, 3.05) is 68.7 Å². The van der Waals surface area contributed by atoms with Crippen molar-refractivity contribution in [1.29, 1.82) is 0 Å². The number of anilines is 2. The summed E-state index contributed by atoms with van der Waals surface area (Å²) in [5.41, 5.74) is -0.254. The Morgan fingerprint density at radius 2 is 1.72 bits per heavy atom. The highest BCUT2D eigenvalue weighted by atomic mass is 16.2. The van der Waals surface area contributed by atoms with E-state index >= 15 is 0 Å². The van der Waals surface area contributed by atoms with Gasteiger partial charge in [0.2, 0.25) is 5.95 Å². The maximum Gasteiger partial charge on any atom is 0.265 e. The molecule has 0 aliphatic carbocycles. The number of rotatable bonds is 4. The van der Waals surface area contributed by atoms with Gasteiger partial charge in [-0.1, -0.05) is 13.0 Å². The molecule has 4 rings (SSSR count). The number of hydrogen-bond donors (Lipinski definition) is 1. The summed E-state index contributed by atoms with van der Waals surface area (Å²) in [5, 5.41) is 0. The van der Waals surface area contributed by atoms with Crippen LogP contribution in [0.5, 0.6) is 0 Å². The molecule has 9 nitrogen and oxygen atoms in total. The molecule has 0 bridgehead atoms. The number of pyridine rings is 1. The Bertz CT molecular complexity index is 885. The highest BCUT2D eigenvalue weighted by Gasteiger charge is 2.25. The van der Waals surface area contributed by atoms with Crippen molar-refractivity contribution in [3.8, 4) is 0 Å². The number of H-pyrrole nitrogens is 1. The molecule has 154 valence electrons. The Hall–Kier alpha value is -2.94. The van der Waals surface area contributed by atoms with E-state index in [1.54, 1.807) is 11.1 Å². The van der Waals surface area contributed by atoms with Crippen LogP contribution in [0.25, 0.3) is 0 Å². The molecule has 2 fully saturated rings. The zero-order valence-electron chi connectivity index (χ0n) is 16.8. The number of carbonyl (C=O) groups excluding carboxylic acids is 1. The molecule has 0 spiro atoms. The van der Waals surface area contributed by atoms with Crippen molar-refractivity contribution in [2.24, 2.45) is 0 Å². The van der Waals surface area contributed by atoms with Gasteiger partial charge in [0.25, 0.3) is 11.5 Å². The Kier molecular flexibility index (Phi) is 5.75. The molecule has 1 N–H and O–H groups in total. The Balaban J connectivity index is 1.39. The van der Waals surface area contributed by atoms with Gasteiger partial charge in [0.15, 0.2) is 0 Å². The molecule has 1 amide bonds. The van der Waals surface area contributed by atoms with Gasteiger partial charge in [-0.15, -0.1) is 0 Å². The van der Waals surface area contributed by atoms with Crippen LogP contribution in [-0.2, 0) is 0 Å². The summed E-state index contributed by atoms with van der Waals surface area (Å²) < 4.78 is 0. The average Bonchev–Trinajstić information content (AvgIpc) is 2.79. The SMILES string of the molecule is CCN1CCN(C(=O)c2cnc(N3CCN(c4ccccn4)CC3)[nH]c2=O)CC1. The van der Waals surface area contributed by atoms with Gasteiger partial charge >= 0.3 is 0 Å². The smallest absolute Gasteiger partial charge is 0.265 e. The monoisotopic (exact) mass is 397 g/mol. The normalized spacial score (nSPS) is 18.2. The van der Waals surface area contributed by atoms with Gasteiger partial charge in [-0.3, -0.25) is 14.6 Å². The molecule has 2 aliphatic heterocycles. The fourth-order valence-corrected chi connectivity index (χ4v) is 3.82. The minimum atomic E-state index is -0.370. The first-order valence-corrected chi connectivity index (χ1v) is 10.2. The molecular formula is C20H27N7O2. The van der Waals surface area contributed by atoms with E-state index in [1.807, 2.05) is 23.1 Å². The van der Waals surface area contributed by atoms with Crippen LogP contribution in [0.4, 0.5) is 11.8 Å². The van der Waals surface area contributed by atoms with Gasteiger partial charge in [-0.25, -0.2) is 9.97 Å². The molecule has 0 radical (unpaired) electrons. The first-order valence-electron chi connectivity index (χ1n) is 10.2. The van der Waals surface area contributed by atoms with E-state index < -0.39 is 0 Å². The van der Waals surface area contributed by atoms with Crippen molar-refractivity contribution in [3.05, 3.63) is 46.5 Å². The summed E-state index contributed by atoms with van der Waals surface area (Å²) in [5.74, 6) is 1.24. The van der Waals surface area contributed by atoms with E-state index in [2.05, 4.69) is 31.7 Å². The first-order chi connectivity index (χ1) is 14.2. The van der Waals surface area contributed by atoms with Gasteiger partial charge < -0.3 is 19.6 Å². The largest absolute Gasteiger partial charge is 0.353 e. The third-order valence-corrected chi connectivity index (χ3v) is 5.68. The van der Waals surface area contributed by atoms with Crippen LogP contribution in [0.3, 0.4) is 0 Å². The van der Waals surface area contributed by atoms with Crippen molar-refractivity contribution >= 4 is 17.7 Å². The van der Waals surface area contributed by atoms with Crippen LogP contribution >= 0.6 is 0 Å². The number of aromatic amines is 1. The van der Waals surface area contributed by atoms with Crippen molar-refractivity contribution in [3.63, 3.8) is 0 Å². The van der Waals surface area contributed by atoms with E-state index in [4.69, 9.17) is 0 Å². The van der Waals surface area contributed by atoms with Crippen LogP contribution < -0.4 is 15.4 Å². The number of carbonyl (C=O) groups is 1. The van der Waals surface area contributed by atoms with Gasteiger partial charge in [0, 0.05) is 64.8 Å². The summed E-state index contributed by atoms with van der Waals surface area (Å²) in [4.78, 5) is 45.2. The predicted octanol–water partition coefficient (Wildman–Crippen LogP) is 0.269. The minimum Gasteiger partial charge on any atom is -0.353 e. The summed E-state index contributed by atoms with van der Waals surface area (Å²) in [7, 11) is 0. The van der Waals surface area contributed by atoms with Crippen LogP contribution in [0, 0.1) is 0 Å². The number of piperazine rings is 2. The topological polar surface area (TPSA) is 88.7 Å². The molecule has 9 heteroatoms. The average molecular weight is 397 g/mol. The maximum atomic E-state index is 12.7. The summed E-state index contributed by atoms with van der Waals surface area (Å²) in [6.45, 7) is 9.10. The molecule has 0 saturated carbocycles. The zero-order chi connectivity index (χ0) is 20.2. The lowest BCUT2D eigenvalue weighted by Gasteiger charge is -2.35. The number of likely N-dealkylation sites (N-methyl/N-ethyl adjacent to an activating group) is 1. The summed E-state index contributed by atoms with van der Waals surface area (Å²) in [6, 6.07) is 5.88. The summed E-state index contributed by atoms with van der Waals surface area (Å²) >= 11 is 0. The molecule has 0 atom stereocenters. The predicted molar refractivity (Wildman–Crippen MR) is 112 cm³/mol. The number of hydrogen-bond acceptors (Lipinski definition) is 7. The van der Waals surface area contributed by atoms with Crippen LogP contribution in [0.2, 0.25) is 0 Å². The Labute approximate surface area is 170 Å². The second kappa shape index (κ2) is 8.60. The highest BCUT2D eigenvalue weighted by molar-refractivity contribution is 5.93. The van der Waals surface area contributed by atoms with E-state index in [-0.39, 0.29) is 17.0 Å². The molecule has 2 aromatic heterocycles. The van der Waals surface area contributed by atoms with Crippen LogP contribution in [-0.4, -0.2) is 89.6 Å². The lowest BCUT2D eigenvalue weighted by molar-refractivity contribution is 0.0641. The fraction of sp³-hybridized carbons (Fsp3) is 0.500. The highest BCUT2D eigenvalue weighted by Crippen LogP contribution is 2.15. The molecule has 4 heterocycles. The number of nitrogens with one attached hydrogen (secondary N) is 1.